The topological polar surface area (TPSA) is 50.4 Å². The van der Waals surface area contributed by atoms with Gasteiger partial charge in [-0.15, -0.1) is 0 Å². The lowest BCUT2D eigenvalue weighted by atomic mass is 9.95. The number of thioether (sulfide) groups is 1. The average Bonchev–Trinajstić information content (AvgIpc) is 2.16. The van der Waals surface area contributed by atoms with Crippen molar-refractivity contribution in [3.63, 3.8) is 0 Å². The SMILES string of the molecule is CSC1CCC(N=C(N)NC(C)(C)C)CC1. The first-order valence-electron chi connectivity index (χ1n) is 6.05. The second-order valence-electron chi connectivity index (χ2n) is 5.56. The minimum absolute atomic E-state index is 0.00402. The molecule has 1 aliphatic rings. The quantitative estimate of drug-likeness (QED) is 0.578. The van der Waals surface area contributed by atoms with Crippen molar-refractivity contribution in [1.29, 1.82) is 0 Å². The molecular formula is C12H25N3S. The minimum Gasteiger partial charge on any atom is -0.370 e. The van der Waals surface area contributed by atoms with Crippen LogP contribution in [0.25, 0.3) is 0 Å². The number of aliphatic imine (C=N–C) groups is 1. The summed E-state index contributed by atoms with van der Waals surface area (Å²) in [4.78, 5) is 4.56. The van der Waals surface area contributed by atoms with E-state index in [1.165, 1.54) is 25.7 Å². The van der Waals surface area contributed by atoms with Crippen molar-refractivity contribution in [3.05, 3.63) is 0 Å². The van der Waals surface area contributed by atoms with Crippen LogP contribution in [0.4, 0.5) is 0 Å². The van der Waals surface area contributed by atoms with E-state index < -0.39 is 0 Å². The van der Waals surface area contributed by atoms with Gasteiger partial charge >= 0.3 is 0 Å². The van der Waals surface area contributed by atoms with Crippen molar-refractivity contribution < 1.29 is 0 Å². The Labute approximate surface area is 104 Å². The third kappa shape index (κ3) is 5.10. The zero-order chi connectivity index (χ0) is 12.2. The normalized spacial score (nSPS) is 27.9. The molecular weight excluding hydrogens is 218 g/mol. The van der Waals surface area contributed by atoms with Crippen LogP contribution >= 0.6 is 11.8 Å². The number of nitrogens with two attached hydrogens (primary N) is 1. The molecule has 0 atom stereocenters. The lowest BCUT2D eigenvalue weighted by molar-refractivity contribution is 0.446. The highest BCUT2D eigenvalue weighted by Crippen LogP contribution is 2.28. The second-order valence-corrected chi connectivity index (χ2v) is 6.69. The summed E-state index contributed by atoms with van der Waals surface area (Å²) in [5.74, 6) is 0.597. The molecule has 3 N–H and O–H groups in total. The zero-order valence-electron chi connectivity index (χ0n) is 10.9. The van der Waals surface area contributed by atoms with Crippen LogP contribution in [0.2, 0.25) is 0 Å². The predicted molar refractivity (Wildman–Crippen MR) is 74.1 cm³/mol. The molecule has 0 amide bonds. The minimum atomic E-state index is 0.00402. The Morgan fingerprint density at radius 3 is 2.25 bits per heavy atom. The van der Waals surface area contributed by atoms with Crippen LogP contribution < -0.4 is 11.1 Å². The summed E-state index contributed by atoms with van der Waals surface area (Å²) in [7, 11) is 0. The highest BCUT2D eigenvalue weighted by atomic mass is 32.2. The Bertz CT molecular complexity index is 237. The van der Waals surface area contributed by atoms with E-state index in [2.05, 4.69) is 37.3 Å². The van der Waals surface area contributed by atoms with Gasteiger partial charge in [0, 0.05) is 10.8 Å². The Kier molecular flexibility index (Phi) is 4.96. The molecule has 0 radical (unpaired) electrons. The van der Waals surface area contributed by atoms with Crippen molar-refractivity contribution >= 4 is 17.7 Å². The molecule has 0 bridgehead atoms. The molecule has 0 aromatic rings. The largest absolute Gasteiger partial charge is 0.370 e. The van der Waals surface area contributed by atoms with Gasteiger partial charge < -0.3 is 11.1 Å². The predicted octanol–water partition coefficient (Wildman–Crippen LogP) is 2.36. The maximum absolute atomic E-state index is 5.89. The second kappa shape index (κ2) is 5.80. The van der Waals surface area contributed by atoms with E-state index in [0.29, 0.717) is 12.0 Å². The van der Waals surface area contributed by atoms with Crippen molar-refractivity contribution in [3.8, 4) is 0 Å². The maximum atomic E-state index is 5.89. The van der Waals surface area contributed by atoms with Crippen LogP contribution in [0.3, 0.4) is 0 Å². The summed E-state index contributed by atoms with van der Waals surface area (Å²) in [5, 5.41) is 4.05. The molecule has 0 heterocycles. The van der Waals surface area contributed by atoms with Gasteiger partial charge in [0.2, 0.25) is 0 Å². The van der Waals surface area contributed by atoms with Gasteiger partial charge in [0.05, 0.1) is 6.04 Å². The van der Waals surface area contributed by atoms with E-state index >= 15 is 0 Å². The van der Waals surface area contributed by atoms with Gasteiger partial charge in [-0.25, -0.2) is 0 Å². The molecule has 0 aliphatic heterocycles. The summed E-state index contributed by atoms with van der Waals surface area (Å²) >= 11 is 1.98. The molecule has 94 valence electrons. The highest BCUT2D eigenvalue weighted by molar-refractivity contribution is 7.99. The van der Waals surface area contributed by atoms with Crippen molar-refractivity contribution in [2.75, 3.05) is 6.26 Å². The zero-order valence-corrected chi connectivity index (χ0v) is 11.7. The Morgan fingerprint density at radius 1 is 1.25 bits per heavy atom. The van der Waals surface area contributed by atoms with Gasteiger partial charge in [0.1, 0.15) is 0 Å². The van der Waals surface area contributed by atoms with Gasteiger partial charge in [0.15, 0.2) is 5.96 Å². The first kappa shape index (κ1) is 13.7. The van der Waals surface area contributed by atoms with Crippen LogP contribution in [0.5, 0.6) is 0 Å². The maximum Gasteiger partial charge on any atom is 0.189 e. The molecule has 0 aromatic heterocycles. The third-order valence-corrected chi connectivity index (χ3v) is 3.94. The van der Waals surface area contributed by atoms with E-state index in [-0.39, 0.29) is 5.54 Å². The van der Waals surface area contributed by atoms with E-state index in [1.807, 2.05) is 11.8 Å². The molecule has 4 heteroatoms. The molecule has 1 rings (SSSR count). The monoisotopic (exact) mass is 243 g/mol. The van der Waals surface area contributed by atoms with Crippen molar-refractivity contribution in [1.82, 2.24) is 5.32 Å². The third-order valence-electron chi connectivity index (χ3n) is 2.80. The van der Waals surface area contributed by atoms with Gasteiger partial charge in [-0.1, -0.05) is 0 Å². The molecule has 1 fully saturated rings. The number of hydrogen-bond donors (Lipinski definition) is 2. The van der Waals surface area contributed by atoms with Gasteiger partial charge in [-0.2, -0.15) is 11.8 Å². The lowest BCUT2D eigenvalue weighted by Crippen LogP contribution is -2.45. The van der Waals surface area contributed by atoms with E-state index in [4.69, 9.17) is 5.73 Å². The summed E-state index contributed by atoms with van der Waals surface area (Å²) in [5.41, 5.74) is 5.90. The fourth-order valence-corrected chi connectivity index (χ4v) is 2.77. The number of hydrogen-bond acceptors (Lipinski definition) is 2. The summed E-state index contributed by atoms with van der Waals surface area (Å²) in [6, 6.07) is 0.429. The summed E-state index contributed by atoms with van der Waals surface area (Å²) in [6.45, 7) is 6.29. The molecule has 0 unspecified atom stereocenters. The Hall–Kier alpha value is -0.380. The smallest absolute Gasteiger partial charge is 0.189 e. The van der Waals surface area contributed by atoms with Crippen LogP contribution in [0.1, 0.15) is 46.5 Å². The van der Waals surface area contributed by atoms with E-state index in [9.17, 15) is 0 Å². The van der Waals surface area contributed by atoms with E-state index in [1.54, 1.807) is 0 Å². The number of nitrogens with zero attached hydrogens (tertiary/aromatic N) is 1. The van der Waals surface area contributed by atoms with Crippen LogP contribution in [-0.2, 0) is 0 Å². The summed E-state index contributed by atoms with van der Waals surface area (Å²) < 4.78 is 0. The fraction of sp³-hybridized carbons (Fsp3) is 0.917. The first-order chi connectivity index (χ1) is 7.40. The molecule has 1 saturated carbocycles. The van der Waals surface area contributed by atoms with Gasteiger partial charge in [-0.3, -0.25) is 4.99 Å². The Balaban J connectivity index is 2.39. The molecule has 1 aliphatic carbocycles. The molecule has 3 nitrogen and oxygen atoms in total. The molecule has 16 heavy (non-hydrogen) atoms. The first-order valence-corrected chi connectivity index (χ1v) is 7.34. The van der Waals surface area contributed by atoms with Gasteiger partial charge in [-0.05, 0) is 52.7 Å². The molecule has 0 spiro atoms. The van der Waals surface area contributed by atoms with Crippen LogP contribution in [0, 0.1) is 0 Å². The average molecular weight is 243 g/mol. The van der Waals surface area contributed by atoms with Crippen LogP contribution in [0.15, 0.2) is 4.99 Å². The highest BCUT2D eigenvalue weighted by Gasteiger charge is 2.20. The van der Waals surface area contributed by atoms with Gasteiger partial charge in [0.25, 0.3) is 0 Å². The Morgan fingerprint density at radius 2 is 1.81 bits per heavy atom. The van der Waals surface area contributed by atoms with Crippen LogP contribution in [-0.4, -0.2) is 29.0 Å². The van der Waals surface area contributed by atoms with Crippen molar-refractivity contribution in [2.45, 2.75) is 63.3 Å². The summed E-state index contributed by atoms with van der Waals surface area (Å²) in [6.07, 6.45) is 7.11. The number of nitrogens with one attached hydrogen (secondary N) is 1. The molecule has 0 aromatic carbocycles. The number of guanidine groups is 1. The standard InChI is InChI=1S/C12H25N3S/c1-12(2,3)15-11(13)14-9-5-7-10(16-4)8-6-9/h9-10H,5-8H2,1-4H3,(H3,13,14,15). The fourth-order valence-electron chi connectivity index (χ4n) is 2.02. The lowest BCUT2D eigenvalue weighted by Gasteiger charge is -2.26. The molecule has 0 saturated heterocycles. The van der Waals surface area contributed by atoms with E-state index in [0.717, 1.165) is 5.25 Å². The number of rotatable bonds is 2. The van der Waals surface area contributed by atoms with Crippen molar-refractivity contribution in [2.24, 2.45) is 10.7 Å².